The van der Waals surface area contributed by atoms with Crippen LogP contribution in [0.3, 0.4) is 0 Å². The van der Waals surface area contributed by atoms with E-state index < -0.39 is 5.97 Å². The highest BCUT2D eigenvalue weighted by atomic mass is 16.4. The van der Waals surface area contributed by atoms with Gasteiger partial charge in [-0.3, -0.25) is 4.79 Å². The van der Waals surface area contributed by atoms with Crippen LogP contribution in [-0.2, 0) is 4.79 Å². The fourth-order valence-electron chi connectivity index (χ4n) is 3.62. The lowest BCUT2D eigenvalue weighted by Crippen LogP contribution is -2.34. The van der Waals surface area contributed by atoms with Gasteiger partial charge in [-0.2, -0.15) is 0 Å². The summed E-state index contributed by atoms with van der Waals surface area (Å²) in [6, 6.07) is 0. The predicted octanol–water partition coefficient (Wildman–Crippen LogP) is 2.08. The first-order valence-electron chi connectivity index (χ1n) is 6.47. The van der Waals surface area contributed by atoms with Gasteiger partial charge in [0.1, 0.15) is 0 Å². The van der Waals surface area contributed by atoms with Crippen molar-refractivity contribution in [1.29, 1.82) is 0 Å². The second kappa shape index (κ2) is 4.74. The van der Waals surface area contributed by atoms with Crippen LogP contribution in [0.2, 0.25) is 0 Å². The molecule has 16 heavy (non-hydrogen) atoms. The molecule has 0 saturated heterocycles. The highest BCUT2D eigenvalue weighted by Crippen LogP contribution is 2.48. The summed E-state index contributed by atoms with van der Waals surface area (Å²) < 4.78 is 0. The third kappa shape index (κ3) is 2.57. The number of carbonyl (C=O) groups is 1. The van der Waals surface area contributed by atoms with Gasteiger partial charge in [0.25, 0.3) is 0 Å². The molecular weight excluding hydrogens is 202 g/mol. The largest absolute Gasteiger partial charge is 0.481 e. The van der Waals surface area contributed by atoms with Crippen LogP contribution in [0.4, 0.5) is 0 Å². The van der Waals surface area contributed by atoms with Crippen molar-refractivity contribution in [2.24, 2.45) is 23.7 Å². The van der Waals surface area contributed by atoms with Crippen molar-refractivity contribution in [3.05, 3.63) is 0 Å². The van der Waals surface area contributed by atoms with Gasteiger partial charge in [-0.25, -0.2) is 0 Å². The maximum absolute atomic E-state index is 10.8. The number of carboxylic acid groups (broad SMARTS) is 1. The van der Waals surface area contributed by atoms with Crippen LogP contribution in [0.25, 0.3) is 0 Å². The highest BCUT2D eigenvalue weighted by Gasteiger charge is 2.39. The number of nitrogens with zero attached hydrogens (tertiary/aromatic N) is 1. The Hall–Kier alpha value is -0.570. The molecule has 0 aliphatic heterocycles. The Labute approximate surface area is 97.8 Å². The van der Waals surface area contributed by atoms with E-state index in [1.54, 1.807) is 6.92 Å². The third-order valence-electron chi connectivity index (χ3n) is 4.44. The smallest absolute Gasteiger partial charge is 0.307 e. The number of fused-ring (bicyclic) bond motifs is 2. The quantitative estimate of drug-likeness (QED) is 0.778. The molecule has 0 aromatic carbocycles. The summed E-state index contributed by atoms with van der Waals surface area (Å²) in [5.74, 6) is 1.83. The minimum Gasteiger partial charge on any atom is -0.481 e. The Balaban J connectivity index is 1.75. The van der Waals surface area contributed by atoms with Crippen LogP contribution in [0.15, 0.2) is 0 Å². The molecule has 2 rings (SSSR count). The van der Waals surface area contributed by atoms with E-state index in [2.05, 4.69) is 11.9 Å². The zero-order valence-corrected chi connectivity index (χ0v) is 10.4. The number of carboxylic acids is 1. The molecule has 3 nitrogen and oxygen atoms in total. The van der Waals surface area contributed by atoms with Crippen molar-refractivity contribution in [1.82, 2.24) is 4.90 Å². The van der Waals surface area contributed by atoms with E-state index in [1.165, 1.54) is 25.7 Å². The maximum Gasteiger partial charge on any atom is 0.307 e. The van der Waals surface area contributed by atoms with Crippen LogP contribution in [0, 0.1) is 23.7 Å². The second-order valence-corrected chi connectivity index (χ2v) is 5.90. The van der Waals surface area contributed by atoms with Crippen molar-refractivity contribution in [3.8, 4) is 0 Å². The molecule has 1 N–H and O–H groups in total. The Morgan fingerprint density at radius 2 is 2.19 bits per heavy atom. The molecule has 0 spiro atoms. The van der Waals surface area contributed by atoms with E-state index in [0.717, 1.165) is 24.3 Å². The molecule has 0 radical (unpaired) electrons. The summed E-state index contributed by atoms with van der Waals surface area (Å²) >= 11 is 0. The van der Waals surface area contributed by atoms with Gasteiger partial charge < -0.3 is 10.0 Å². The van der Waals surface area contributed by atoms with Crippen molar-refractivity contribution < 1.29 is 9.90 Å². The van der Waals surface area contributed by atoms with Gasteiger partial charge in [0, 0.05) is 13.1 Å². The normalized spacial score (nSPS) is 34.6. The topological polar surface area (TPSA) is 40.5 Å². The van der Waals surface area contributed by atoms with E-state index in [4.69, 9.17) is 5.11 Å². The standard InChI is InChI=1S/C13H23NO2/c1-9(13(15)16)7-14(2)8-12-6-10-3-4-11(12)5-10/h9-12H,3-8H2,1-2H3,(H,15,16). The first-order chi connectivity index (χ1) is 7.56. The lowest BCUT2D eigenvalue weighted by atomic mass is 9.88. The summed E-state index contributed by atoms with van der Waals surface area (Å²) in [6.45, 7) is 3.57. The van der Waals surface area contributed by atoms with Gasteiger partial charge in [-0.15, -0.1) is 0 Å². The summed E-state index contributed by atoms with van der Waals surface area (Å²) in [7, 11) is 2.06. The lowest BCUT2D eigenvalue weighted by Gasteiger charge is -2.28. The minimum atomic E-state index is -0.681. The molecule has 0 aromatic heterocycles. The van der Waals surface area contributed by atoms with E-state index >= 15 is 0 Å². The average molecular weight is 225 g/mol. The van der Waals surface area contributed by atoms with Gasteiger partial charge in [0.05, 0.1) is 5.92 Å². The van der Waals surface area contributed by atoms with Gasteiger partial charge >= 0.3 is 5.97 Å². The van der Waals surface area contributed by atoms with Crippen molar-refractivity contribution in [2.75, 3.05) is 20.1 Å². The van der Waals surface area contributed by atoms with Crippen LogP contribution < -0.4 is 0 Å². The molecule has 2 fully saturated rings. The molecule has 0 amide bonds. The molecule has 3 heteroatoms. The number of rotatable bonds is 5. The Kier molecular flexibility index (Phi) is 3.53. The monoisotopic (exact) mass is 225 g/mol. The van der Waals surface area contributed by atoms with Crippen LogP contribution in [-0.4, -0.2) is 36.1 Å². The first kappa shape index (κ1) is 11.9. The van der Waals surface area contributed by atoms with Crippen LogP contribution >= 0.6 is 0 Å². The fourth-order valence-corrected chi connectivity index (χ4v) is 3.62. The maximum atomic E-state index is 10.8. The van der Waals surface area contributed by atoms with E-state index in [-0.39, 0.29) is 5.92 Å². The number of hydrogen-bond donors (Lipinski definition) is 1. The molecule has 2 saturated carbocycles. The van der Waals surface area contributed by atoms with Crippen LogP contribution in [0.5, 0.6) is 0 Å². The Morgan fingerprint density at radius 3 is 2.69 bits per heavy atom. The summed E-state index contributed by atoms with van der Waals surface area (Å²) in [5, 5.41) is 8.87. The third-order valence-corrected chi connectivity index (χ3v) is 4.44. The lowest BCUT2D eigenvalue weighted by molar-refractivity contribution is -0.141. The molecule has 92 valence electrons. The highest BCUT2D eigenvalue weighted by molar-refractivity contribution is 5.69. The van der Waals surface area contributed by atoms with Gasteiger partial charge in [0.15, 0.2) is 0 Å². The molecule has 4 unspecified atom stereocenters. The molecule has 2 aliphatic carbocycles. The second-order valence-electron chi connectivity index (χ2n) is 5.90. The molecule has 4 atom stereocenters. The van der Waals surface area contributed by atoms with Crippen molar-refractivity contribution in [2.45, 2.75) is 32.6 Å². The van der Waals surface area contributed by atoms with Gasteiger partial charge in [-0.05, 0) is 44.1 Å². The van der Waals surface area contributed by atoms with Gasteiger partial charge in [0.2, 0.25) is 0 Å². The molecule has 0 aromatic rings. The summed E-state index contributed by atoms with van der Waals surface area (Å²) in [5.41, 5.74) is 0. The molecular formula is C13H23NO2. The van der Waals surface area contributed by atoms with E-state index in [9.17, 15) is 4.79 Å². The van der Waals surface area contributed by atoms with E-state index in [0.29, 0.717) is 6.54 Å². The molecule has 2 bridgehead atoms. The van der Waals surface area contributed by atoms with E-state index in [1.807, 2.05) is 0 Å². The van der Waals surface area contributed by atoms with Crippen molar-refractivity contribution >= 4 is 5.97 Å². The molecule has 2 aliphatic rings. The summed E-state index contributed by atoms with van der Waals surface area (Å²) in [6.07, 6.45) is 5.68. The number of hydrogen-bond acceptors (Lipinski definition) is 2. The van der Waals surface area contributed by atoms with Gasteiger partial charge in [-0.1, -0.05) is 13.3 Å². The first-order valence-corrected chi connectivity index (χ1v) is 6.47. The zero-order chi connectivity index (χ0) is 11.7. The SMILES string of the molecule is CC(CN(C)CC1CC2CCC1C2)C(=O)O. The minimum absolute atomic E-state index is 0.247. The molecule has 0 heterocycles. The zero-order valence-electron chi connectivity index (χ0n) is 10.4. The predicted molar refractivity (Wildman–Crippen MR) is 63.2 cm³/mol. The fraction of sp³-hybridized carbons (Fsp3) is 0.923. The Morgan fingerprint density at radius 1 is 1.44 bits per heavy atom. The van der Waals surface area contributed by atoms with Crippen LogP contribution in [0.1, 0.15) is 32.6 Å². The number of aliphatic carboxylic acids is 1. The summed E-state index contributed by atoms with van der Waals surface area (Å²) in [4.78, 5) is 13.0. The van der Waals surface area contributed by atoms with Crippen molar-refractivity contribution in [3.63, 3.8) is 0 Å². The average Bonchev–Trinajstić information content (AvgIpc) is 2.78. The Bertz CT molecular complexity index is 267.